The smallest absolute Gasteiger partial charge is 0.317 e. The molecule has 2 aromatic rings. The monoisotopic (exact) mass is 355 g/mol. The van der Waals surface area contributed by atoms with Gasteiger partial charge in [-0.05, 0) is 44.7 Å². The van der Waals surface area contributed by atoms with E-state index < -0.39 is 0 Å². The van der Waals surface area contributed by atoms with Crippen molar-refractivity contribution in [3.8, 4) is 0 Å². The van der Waals surface area contributed by atoms with Gasteiger partial charge >= 0.3 is 6.03 Å². The Morgan fingerprint density at radius 1 is 1.31 bits per heavy atom. The lowest BCUT2D eigenvalue weighted by atomic mass is 10.0. The van der Waals surface area contributed by atoms with Crippen LogP contribution in [0.25, 0.3) is 0 Å². The van der Waals surface area contributed by atoms with Gasteiger partial charge in [-0.25, -0.2) is 4.79 Å². The number of carbonyl (C=O) groups excluding carboxylic acids is 1. The highest BCUT2D eigenvalue weighted by Gasteiger charge is 2.34. The molecule has 138 valence electrons. The number of aryl methyl sites for hydroxylation is 1. The fraction of sp³-hybridized carbons (Fsp3) is 0.526. The van der Waals surface area contributed by atoms with E-state index in [1.165, 1.54) is 11.3 Å². The van der Waals surface area contributed by atoms with Crippen LogP contribution in [0.5, 0.6) is 0 Å². The molecule has 1 fully saturated rings. The third-order valence-corrected chi connectivity index (χ3v) is 5.37. The first kappa shape index (κ1) is 16.9. The molecule has 0 aliphatic carbocycles. The highest BCUT2D eigenvalue weighted by atomic mass is 16.5. The summed E-state index contributed by atoms with van der Waals surface area (Å²) in [5, 5.41) is 6.60. The van der Waals surface area contributed by atoms with Gasteiger partial charge in [0.2, 0.25) is 5.89 Å². The maximum atomic E-state index is 12.4. The lowest BCUT2D eigenvalue weighted by Gasteiger charge is -2.40. The van der Waals surface area contributed by atoms with Gasteiger partial charge in [-0.3, -0.25) is 0 Å². The van der Waals surface area contributed by atoms with Crippen LogP contribution in [-0.2, 0) is 13.0 Å². The number of benzene rings is 1. The van der Waals surface area contributed by atoms with Gasteiger partial charge in [-0.15, -0.1) is 0 Å². The number of aromatic nitrogens is 2. The number of piperidine rings is 1. The van der Waals surface area contributed by atoms with E-state index in [1.54, 1.807) is 6.92 Å². The number of urea groups is 1. The van der Waals surface area contributed by atoms with Crippen LogP contribution >= 0.6 is 0 Å². The Balaban J connectivity index is 1.32. The van der Waals surface area contributed by atoms with Crippen LogP contribution in [0.2, 0.25) is 0 Å². The van der Waals surface area contributed by atoms with Gasteiger partial charge in [0.1, 0.15) is 0 Å². The average Bonchev–Trinajstić information content (AvgIpc) is 3.22. The summed E-state index contributed by atoms with van der Waals surface area (Å²) in [6.45, 7) is 5.87. The minimum atomic E-state index is -0.0610. The molecule has 1 N–H and O–H groups in total. The Kier molecular flexibility index (Phi) is 4.53. The molecule has 7 nitrogen and oxygen atoms in total. The van der Waals surface area contributed by atoms with Crippen LogP contribution in [0.3, 0.4) is 0 Å². The Morgan fingerprint density at radius 2 is 2.08 bits per heavy atom. The summed E-state index contributed by atoms with van der Waals surface area (Å²) in [5.74, 6) is 1.02. The van der Waals surface area contributed by atoms with E-state index in [0.717, 1.165) is 32.4 Å². The highest BCUT2D eigenvalue weighted by molar-refractivity contribution is 5.74. The molecule has 0 bridgehead atoms. The second kappa shape index (κ2) is 6.97. The summed E-state index contributed by atoms with van der Waals surface area (Å²) in [5.41, 5.74) is 2.81. The van der Waals surface area contributed by atoms with Crippen molar-refractivity contribution >= 4 is 11.7 Å². The van der Waals surface area contributed by atoms with Crippen molar-refractivity contribution in [2.75, 3.05) is 18.0 Å². The molecule has 1 atom stereocenters. The zero-order valence-electron chi connectivity index (χ0n) is 15.3. The molecule has 2 amide bonds. The van der Waals surface area contributed by atoms with Gasteiger partial charge in [-0.2, -0.15) is 4.98 Å². The largest absolute Gasteiger partial charge is 0.365 e. The van der Waals surface area contributed by atoms with E-state index in [2.05, 4.69) is 51.5 Å². The number of fused-ring (bicyclic) bond motifs is 1. The fourth-order valence-electron chi connectivity index (χ4n) is 4.17. The van der Waals surface area contributed by atoms with Crippen LogP contribution in [-0.4, -0.2) is 46.2 Å². The maximum Gasteiger partial charge on any atom is 0.317 e. The minimum Gasteiger partial charge on any atom is -0.365 e. The topological polar surface area (TPSA) is 74.5 Å². The van der Waals surface area contributed by atoms with Crippen molar-refractivity contribution in [3.63, 3.8) is 0 Å². The molecule has 1 unspecified atom stereocenters. The molecule has 4 rings (SSSR count). The van der Waals surface area contributed by atoms with Crippen molar-refractivity contribution in [1.82, 2.24) is 20.4 Å². The quantitative estimate of drug-likeness (QED) is 0.916. The Bertz CT molecular complexity index is 782. The minimum absolute atomic E-state index is 0.0610. The van der Waals surface area contributed by atoms with Gasteiger partial charge in [-0.1, -0.05) is 23.4 Å². The summed E-state index contributed by atoms with van der Waals surface area (Å²) < 4.78 is 5.03. The molecule has 3 heterocycles. The summed E-state index contributed by atoms with van der Waals surface area (Å²) in [4.78, 5) is 20.9. The number of nitrogens with one attached hydrogen (secondary N) is 1. The van der Waals surface area contributed by atoms with Gasteiger partial charge in [0.25, 0.3) is 0 Å². The van der Waals surface area contributed by atoms with E-state index in [0.29, 0.717) is 23.8 Å². The van der Waals surface area contributed by atoms with Crippen LogP contribution in [0, 0.1) is 6.92 Å². The normalized spacial score (nSPS) is 20.3. The number of amides is 2. The zero-order chi connectivity index (χ0) is 18.1. The SMILES string of the molecule is Cc1noc(CNC(=O)N2CCC(N3c4ccccc4CC3C)CC2)n1. The van der Waals surface area contributed by atoms with Gasteiger partial charge in [0.05, 0.1) is 6.54 Å². The van der Waals surface area contributed by atoms with Crippen molar-refractivity contribution in [2.24, 2.45) is 0 Å². The van der Waals surface area contributed by atoms with E-state index in [1.807, 2.05) is 4.90 Å². The molecule has 0 spiro atoms. The molecular weight excluding hydrogens is 330 g/mol. The average molecular weight is 355 g/mol. The summed E-state index contributed by atoms with van der Waals surface area (Å²) >= 11 is 0. The van der Waals surface area contributed by atoms with Crippen LogP contribution in [0.4, 0.5) is 10.5 Å². The highest BCUT2D eigenvalue weighted by Crippen LogP contribution is 2.36. The molecule has 0 radical (unpaired) electrons. The van der Waals surface area contributed by atoms with Crippen LogP contribution < -0.4 is 10.2 Å². The van der Waals surface area contributed by atoms with Gasteiger partial charge < -0.3 is 19.6 Å². The first-order chi connectivity index (χ1) is 12.6. The number of carbonyl (C=O) groups is 1. The number of rotatable bonds is 3. The molecule has 7 heteroatoms. The third-order valence-electron chi connectivity index (χ3n) is 5.37. The number of hydrogen-bond donors (Lipinski definition) is 1. The van der Waals surface area contributed by atoms with E-state index in [4.69, 9.17) is 4.52 Å². The van der Waals surface area contributed by atoms with Crippen molar-refractivity contribution in [2.45, 2.75) is 51.7 Å². The molecule has 2 aliphatic rings. The van der Waals surface area contributed by atoms with Gasteiger partial charge in [0.15, 0.2) is 5.82 Å². The van der Waals surface area contributed by atoms with Crippen molar-refractivity contribution < 1.29 is 9.32 Å². The summed E-state index contributed by atoms with van der Waals surface area (Å²) in [6.07, 6.45) is 3.10. The number of nitrogens with zero attached hydrogens (tertiary/aromatic N) is 4. The standard InChI is InChI=1S/C19H25N5O2/c1-13-11-15-5-3-4-6-17(15)24(13)16-7-9-23(10-8-16)19(25)20-12-18-21-14(2)22-26-18/h3-6,13,16H,7-12H2,1-2H3,(H,20,25). The van der Waals surface area contributed by atoms with Crippen molar-refractivity contribution in [1.29, 1.82) is 0 Å². The van der Waals surface area contributed by atoms with Crippen LogP contribution in [0.1, 0.15) is 37.0 Å². The second-order valence-electron chi connectivity index (χ2n) is 7.20. The number of likely N-dealkylation sites (tertiary alicyclic amines) is 1. The lowest BCUT2D eigenvalue weighted by molar-refractivity contribution is 0.178. The second-order valence-corrected chi connectivity index (χ2v) is 7.20. The molecule has 1 aromatic carbocycles. The summed E-state index contributed by atoms with van der Waals surface area (Å²) in [6, 6.07) is 9.65. The Hall–Kier alpha value is -2.57. The lowest BCUT2D eigenvalue weighted by Crippen LogP contribution is -2.50. The predicted molar refractivity (Wildman–Crippen MR) is 98.0 cm³/mol. The Morgan fingerprint density at radius 3 is 2.81 bits per heavy atom. The molecule has 1 saturated heterocycles. The number of para-hydroxylation sites is 1. The van der Waals surface area contributed by atoms with E-state index in [9.17, 15) is 4.79 Å². The van der Waals surface area contributed by atoms with Crippen LogP contribution in [0.15, 0.2) is 28.8 Å². The summed E-state index contributed by atoms with van der Waals surface area (Å²) in [7, 11) is 0. The first-order valence-corrected chi connectivity index (χ1v) is 9.30. The van der Waals surface area contributed by atoms with Crippen molar-refractivity contribution in [3.05, 3.63) is 41.5 Å². The molecule has 26 heavy (non-hydrogen) atoms. The molecule has 1 aromatic heterocycles. The van der Waals surface area contributed by atoms with E-state index >= 15 is 0 Å². The maximum absolute atomic E-state index is 12.4. The number of anilines is 1. The van der Waals surface area contributed by atoms with Gasteiger partial charge in [0, 0.05) is 30.9 Å². The van der Waals surface area contributed by atoms with E-state index in [-0.39, 0.29) is 12.6 Å². The molecular formula is C19H25N5O2. The zero-order valence-corrected chi connectivity index (χ0v) is 15.3. The number of hydrogen-bond acceptors (Lipinski definition) is 5. The third kappa shape index (κ3) is 3.25. The molecule has 2 aliphatic heterocycles. The predicted octanol–water partition coefficient (Wildman–Crippen LogP) is 2.50. The Labute approximate surface area is 153 Å². The fourth-order valence-corrected chi connectivity index (χ4v) is 4.17. The molecule has 0 saturated carbocycles. The first-order valence-electron chi connectivity index (χ1n) is 9.30.